The van der Waals surface area contributed by atoms with E-state index in [0.29, 0.717) is 6.16 Å². The highest BCUT2D eigenvalue weighted by atomic mass is 31.1. The monoisotopic (exact) mass is 184 g/mol. The number of aryl methyl sites for hydroxylation is 1. The Morgan fingerprint density at radius 3 is 2.67 bits per heavy atom. The molecule has 1 unspecified atom stereocenters. The molecule has 1 atom stereocenters. The molecule has 0 amide bonds. The molecule has 0 N–H and O–H groups in total. The molecule has 0 aliphatic heterocycles. The molecule has 0 aliphatic carbocycles. The minimum absolute atomic E-state index is 0.596. The molecule has 0 aliphatic rings. The predicted octanol–water partition coefficient (Wildman–Crippen LogP) is 2.87. The summed E-state index contributed by atoms with van der Waals surface area (Å²) in [6, 6.07) is 7.60. The summed E-state index contributed by atoms with van der Waals surface area (Å²) in [7, 11) is -1.85. The van der Waals surface area contributed by atoms with Crippen LogP contribution in [0.4, 0.5) is 0 Å². The molecular formula is C9H13O2P. The lowest BCUT2D eigenvalue weighted by atomic mass is 10.2. The van der Waals surface area contributed by atoms with Crippen molar-refractivity contribution in [3.8, 4) is 5.75 Å². The molecule has 0 aromatic heterocycles. The van der Waals surface area contributed by atoms with Crippen molar-refractivity contribution < 1.29 is 9.09 Å². The van der Waals surface area contributed by atoms with Crippen molar-refractivity contribution in [1.82, 2.24) is 0 Å². The maximum Gasteiger partial charge on any atom is 0.236 e. The molecule has 0 spiro atoms. The van der Waals surface area contributed by atoms with Crippen molar-refractivity contribution in [3.63, 3.8) is 0 Å². The summed E-state index contributed by atoms with van der Waals surface area (Å²) in [4.78, 5) is 0. The lowest BCUT2D eigenvalue weighted by molar-refractivity contribution is 0.504. The zero-order valence-electron chi connectivity index (χ0n) is 7.33. The first-order valence-electron chi connectivity index (χ1n) is 4.00. The number of rotatable bonds is 3. The van der Waals surface area contributed by atoms with Crippen molar-refractivity contribution >= 4 is 8.03 Å². The van der Waals surface area contributed by atoms with Gasteiger partial charge >= 0.3 is 0 Å². The smallest absolute Gasteiger partial charge is 0.236 e. The van der Waals surface area contributed by atoms with Crippen LogP contribution in [0.3, 0.4) is 0 Å². The molecule has 1 rings (SSSR count). The van der Waals surface area contributed by atoms with E-state index in [1.165, 1.54) is 0 Å². The van der Waals surface area contributed by atoms with Gasteiger partial charge in [-0.25, -0.2) is 0 Å². The van der Waals surface area contributed by atoms with E-state index in [9.17, 15) is 4.57 Å². The molecule has 3 heteroatoms. The maximum absolute atomic E-state index is 11.1. The van der Waals surface area contributed by atoms with Crippen molar-refractivity contribution in [1.29, 1.82) is 0 Å². The van der Waals surface area contributed by atoms with E-state index in [0.717, 1.165) is 11.3 Å². The molecule has 0 radical (unpaired) electrons. The van der Waals surface area contributed by atoms with Gasteiger partial charge in [0.05, 0.1) is 0 Å². The quantitative estimate of drug-likeness (QED) is 0.675. The van der Waals surface area contributed by atoms with Crippen LogP contribution < -0.4 is 4.52 Å². The zero-order chi connectivity index (χ0) is 8.97. The SMILES string of the molecule is CC[PH](=O)Oc1ccccc1C. The van der Waals surface area contributed by atoms with Crippen molar-refractivity contribution in [2.24, 2.45) is 0 Å². The molecule has 1 aromatic rings. The van der Waals surface area contributed by atoms with Crippen LogP contribution in [0.2, 0.25) is 0 Å². The minimum atomic E-state index is -1.85. The van der Waals surface area contributed by atoms with Gasteiger partial charge in [-0.1, -0.05) is 25.1 Å². The summed E-state index contributed by atoms with van der Waals surface area (Å²) in [5.41, 5.74) is 1.03. The van der Waals surface area contributed by atoms with Gasteiger partial charge in [-0.15, -0.1) is 0 Å². The Kier molecular flexibility index (Phi) is 3.36. The highest BCUT2D eigenvalue weighted by Gasteiger charge is 2.00. The van der Waals surface area contributed by atoms with Gasteiger partial charge in [0.2, 0.25) is 8.03 Å². The largest absolute Gasteiger partial charge is 0.445 e. The second-order valence-electron chi connectivity index (χ2n) is 2.59. The Labute approximate surface area is 73.4 Å². The van der Waals surface area contributed by atoms with Gasteiger partial charge in [-0.05, 0) is 18.6 Å². The van der Waals surface area contributed by atoms with Crippen LogP contribution in [0, 0.1) is 6.92 Å². The topological polar surface area (TPSA) is 26.3 Å². The van der Waals surface area contributed by atoms with Gasteiger partial charge in [0, 0.05) is 6.16 Å². The molecule has 0 saturated heterocycles. The van der Waals surface area contributed by atoms with Crippen LogP contribution in [0.15, 0.2) is 24.3 Å². The van der Waals surface area contributed by atoms with Crippen molar-refractivity contribution in [3.05, 3.63) is 29.8 Å². The summed E-state index contributed by atoms with van der Waals surface area (Å²) >= 11 is 0. The fourth-order valence-corrected chi connectivity index (χ4v) is 1.48. The highest BCUT2D eigenvalue weighted by molar-refractivity contribution is 7.39. The third kappa shape index (κ3) is 2.38. The average Bonchev–Trinajstić information content (AvgIpc) is 2.09. The standard InChI is InChI=1S/C9H13O2P/c1-3-12(10)11-9-7-5-4-6-8(9)2/h4-7,12H,3H2,1-2H3. The van der Waals surface area contributed by atoms with Crippen molar-refractivity contribution in [2.45, 2.75) is 13.8 Å². The van der Waals surface area contributed by atoms with Gasteiger partial charge in [-0.3, -0.25) is 4.57 Å². The Morgan fingerprint density at radius 2 is 2.08 bits per heavy atom. The van der Waals surface area contributed by atoms with Crippen LogP contribution in [0.25, 0.3) is 0 Å². The van der Waals surface area contributed by atoms with Gasteiger partial charge in [-0.2, -0.15) is 0 Å². The van der Waals surface area contributed by atoms with Crippen LogP contribution in [-0.4, -0.2) is 6.16 Å². The Bertz CT molecular complexity index is 284. The minimum Gasteiger partial charge on any atom is -0.445 e. The van der Waals surface area contributed by atoms with Gasteiger partial charge in [0.1, 0.15) is 5.75 Å². The molecule has 2 nitrogen and oxygen atoms in total. The zero-order valence-corrected chi connectivity index (χ0v) is 8.33. The van der Waals surface area contributed by atoms with Crippen LogP contribution >= 0.6 is 8.03 Å². The molecular weight excluding hydrogens is 171 g/mol. The van der Waals surface area contributed by atoms with Crippen LogP contribution in [-0.2, 0) is 4.57 Å². The number of hydrogen-bond donors (Lipinski definition) is 0. The summed E-state index contributed by atoms with van der Waals surface area (Å²) in [6.45, 7) is 3.81. The summed E-state index contributed by atoms with van der Waals surface area (Å²) < 4.78 is 16.3. The van der Waals surface area contributed by atoms with E-state index in [1.807, 2.05) is 38.1 Å². The van der Waals surface area contributed by atoms with E-state index >= 15 is 0 Å². The van der Waals surface area contributed by atoms with Crippen molar-refractivity contribution in [2.75, 3.05) is 6.16 Å². The van der Waals surface area contributed by atoms with E-state index in [2.05, 4.69) is 0 Å². The predicted molar refractivity (Wildman–Crippen MR) is 51.3 cm³/mol. The first kappa shape index (κ1) is 9.34. The maximum atomic E-state index is 11.1. The van der Waals surface area contributed by atoms with Gasteiger partial charge in [0.15, 0.2) is 0 Å². The second-order valence-corrected chi connectivity index (χ2v) is 4.25. The average molecular weight is 184 g/mol. The second kappa shape index (κ2) is 4.32. The Morgan fingerprint density at radius 1 is 1.42 bits per heavy atom. The third-order valence-electron chi connectivity index (χ3n) is 1.61. The summed E-state index contributed by atoms with van der Waals surface area (Å²) in [5, 5.41) is 0. The Hall–Kier alpha value is -0.750. The Balaban J connectivity index is 2.75. The fourth-order valence-electron chi connectivity index (χ4n) is 0.866. The molecule has 66 valence electrons. The summed E-state index contributed by atoms with van der Waals surface area (Å²) in [6.07, 6.45) is 0.596. The first-order valence-corrected chi connectivity index (χ1v) is 5.52. The van der Waals surface area contributed by atoms with E-state index in [4.69, 9.17) is 4.52 Å². The first-order chi connectivity index (χ1) is 5.74. The normalized spacial score (nSPS) is 12.5. The third-order valence-corrected chi connectivity index (χ3v) is 2.63. The molecule has 0 fully saturated rings. The molecule has 1 aromatic carbocycles. The lowest BCUT2D eigenvalue weighted by Gasteiger charge is -2.06. The van der Waals surface area contributed by atoms with Crippen LogP contribution in [0.1, 0.15) is 12.5 Å². The van der Waals surface area contributed by atoms with E-state index in [1.54, 1.807) is 0 Å². The molecule has 0 saturated carbocycles. The molecule has 0 bridgehead atoms. The number of hydrogen-bond acceptors (Lipinski definition) is 2. The van der Waals surface area contributed by atoms with Gasteiger partial charge < -0.3 is 4.52 Å². The van der Waals surface area contributed by atoms with Gasteiger partial charge in [0.25, 0.3) is 0 Å². The summed E-state index contributed by atoms with van der Waals surface area (Å²) in [5.74, 6) is 0.739. The lowest BCUT2D eigenvalue weighted by Crippen LogP contribution is -1.85. The van der Waals surface area contributed by atoms with Crippen LogP contribution in [0.5, 0.6) is 5.75 Å². The van der Waals surface area contributed by atoms with E-state index in [-0.39, 0.29) is 0 Å². The number of para-hydroxylation sites is 1. The highest BCUT2D eigenvalue weighted by Crippen LogP contribution is 2.28. The molecule has 0 heterocycles. The number of benzene rings is 1. The molecule has 12 heavy (non-hydrogen) atoms. The fraction of sp³-hybridized carbons (Fsp3) is 0.333. The van der Waals surface area contributed by atoms with E-state index < -0.39 is 8.03 Å².